The molecule has 0 bridgehead atoms. The standard InChI is InChI=1S/C12H17N3O3/c13-8-10-4-2-1-3-9(10)7-11(16)15-5-6-18-12(14)17/h1-4H,5-8,13H2,(H2,14,17)(H,15,16). The number of benzene rings is 1. The Bertz CT molecular complexity index is 421. The third-order valence-corrected chi connectivity index (χ3v) is 2.36. The molecule has 0 saturated carbocycles. The van der Waals surface area contributed by atoms with E-state index in [-0.39, 0.29) is 25.5 Å². The van der Waals surface area contributed by atoms with Crippen LogP contribution in [0.4, 0.5) is 4.79 Å². The summed E-state index contributed by atoms with van der Waals surface area (Å²) in [6.45, 7) is 0.709. The molecule has 0 aliphatic heterocycles. The minimum Gasteiger partial charge on any atom is -0.448 e. The Morgan fingerprint density at radius 1 is 1.22 bits per heavy atom. The minimum atomic E-state index is -0.849. The number of hydrogen-bond acceptors (Lipinski definition) is 4. The van der Waals surface area contributed by atoms with Gasteiger partial charge in [-0.3, -0.25) is 4.79 Å². The Morgan fingerprint density at radius 2 is 1.89 bits per heavy atom. The summed E-state index contributed by atoms with van der Waals surface area (Å²) in [6, 6.07) is 7.49. The average Bonchev–Trinajstić information content (AvgIpc) is 2.35. The molecule has 6 nitrogen and oxygen atoms in total. The summed E-state index contributed by atoms with van der Waals surface area (Å²) in [6.07, 6.45) is -0.595. The average molecular weight is 251 g/mol. The van der Waals surface area contributed by atoms with Gasteiger partial charge in [-0.05, 0) is 11.1 Å². The first-order chi connectivity index (χ1) is 8.63. The highest BCUT2D eigenvalue weighted by atomic mass is 16.5. The Morgan fingerprint density at radius 3 is 2.50 bits per heavy atom. The second kappa shape index (κ2) is 7.29. The molecule has 1 aromatic rings. The fourth-order valence-corrected chi connectivity index (χ4v) is 1.51. The molecule has 0 aromatic heterocycles. The highest BCUT2D eigenvalue weighted by Crippen LogP contribution is 2.08. The summed E-state index contributed by atoms with van der Waals surface area (Å²) in [5.74, 6) is -0.149. The highest BCUT2D eigenvalue weighted by molar-refractivity contribution is 5.78. The molecule has 0 saturated heterocycles. The van der Waals surface area contributed by atoms with Gasteiger partial charge < -0.3 is 21.5 Å². The summed E-state index contributed by atoms with van der Waals surface area (Å²) in [5.41, 5.74) is 12.2. The summed E-state index contributed by atoms with van der Waals surface area (Å²) in [5, 5.41) is 2.63. The van der Waals surface area contributed by atoms with Gasteiger partial charge in [0.2, 0.25) is 5.91 Å². The van der Waals surface area contributed by atoms with Gasteiger partial charge in [0, 0.05) is 6.54 Å². The van der Waals surface area contributed by atoms with E-state index in [1.54, 1.807) is 0 Å². The van der Waals surface area contributed by atoms with Crippen molar-refractivity contribution < 1.29 is 14.3 Å². The predicted molar refractivity (Wildman–Crippen MR) is 66.6 cm³/mol. The second-order valence-electron chi connectivity index (χ2n) is 3.67. The molecule has 0 aliphatic rings. The van der Waals surface area contributed by atoms with Crippen LogP contribution in [-0.4, -0.2) is 25.2 Å². The Kier molecular flexibility index (Phi) is 5.66. The molecule has 0 fully saturated rings. The van der Waals surface area contributed by atoms with Crippen LogP contribution < -0.4 is 16.8 Å². The number of ether oxygens (including phenoxy) is 1. The van der Waals surface area contributed by atoms with Crippen molar-refractivity contribution in [2.45, 2.75) is 13.0 Å². The van der Waals surface area contributed by atoms with Crippen LogP contribution in [0.1, 0.15) is 11.1 Å². The molecule has 2 amide bonds. The first kappa shape index (κ1) is 14.0. The van der Waals surface area contributed by atoms with Gasteiger partial charge in [-0.25, -0.2) is 4.79 Å². The van der Waals surface area contributed by atoms with E-state index in [9.17, 15) is 9.59 Å². The van der Waals surface area contributed by atoms with E-state index in [0.717, 1.165) is 11.1 Å². The fourth-order valence-electron chi connectivity index (χ4n) is 1.51. The fraction of sp³-hybridized carbons (Fsp3) is 0.333. The lowest BCUT2D eigenvalue weighted by Gasteiger charge is -2.08. The number of carbonyl (C=O) groups is 2. The van der Waals surface area contributed by atoms with Gasteiger partial charge in [-0.2, -0.15) is 0 Å². The van der Waals surface area contributed by atoms with E-state index >= 15 is 0 Å². The van der Waals surface area contributed by atoms with Crippen LogP contribution in [0.25, 0.3) is 0 Å². The number of amides is 2. The van der Waals surface area contributed by atoms with Gasteiger partial charge in [0.1, 0.15) is 6.61 Å². The lowest BCUT2D eigenvalue weighted by Crippen LogP contribution is -2.30. The number of nitrogens with two attached hydrogens (primary N) is 2. The van der Waals surface area contributed by atoms with Crippen LogP contribution in [0, 0.1) is 0 Å². The third-order valence-electron chi connectivity index (χ3n) is 2.36. The quantitative estimate of drug-likeness (QED) is 0.613. The summed E-state index contributed by atoms with van der Waals surface area (Å²) >= 11 is 0. The maximum atomic E-state index is 11.6. The van der Waals surface area contributed by atoms with E-state index < -0.39 is 6.09 Å². The zero-order valence-corrected chi connectivity index (χ0v) is 10.0. The van der Waals surface area contributed by atoms with Gasteiger partial charge in [-0.1, -0.05) is 24.3 Å². The molecule has 0 atom stereocenters. The van der Waals surface area contributed by atoms with Crippen molar-refractivity contribution in [3.63, 3.8) is 0 Å². The van der Waals surface area contributed by atoms with Gasteiger partial charge in [0.05, 0.1) is 13.0 Å². The molecule has 5 N–H and O–H groups in total. The van der Waals surface area contributed by atoms with Gasteiger partial charge in [0.15, 0.2) is 0 Å². The van der Waals surface area contributed by atoms with Crippen molar-refractivity contribution in [3.8, 4) is 0 Å². The van der Waals surface area contributed by atoms with E-state index in [2.05, 4.69) is 10.1 Å². The van der Waals surface area contributed by atoms with E-state index in [1.165, 1.54) is 0 Å². The molecule has 0 unspecified atom stereocenters. The first-order valence-corrected chi connectivity index (χ1v) is 5.59. The number of carbonyl (C=O) groups excluding carboxylic acids is 2. The molecule has 6 heteroatoms. The van der Waals surface area contributed by atoms with E-state index in [1.807, 2.05) is 24.3 Å². The normalized spacial score (nSPS) is 9.83. The molecule has 98 valence electrons. The van der Waals surface area contributed by atoms with Crippen molar-refractivity contribution in [3.05, 3.63) is 35.4 Å². The lowest BCUT2D eigenvalue weighted by atomic mass is 10.0. The molecule has 1 aromatic carbocycles. The van der Waals surface area contributed by atoms with Crippen LogP contribution in [0.15, 0.2) is 24.3 Å². The Balaban J connectivity index is 2.37. The SMILES string of the molecule is NCc1ccccc1CC(=O)NCCOC(N)=O. The van der Waals surface area contributed by atoms with E-state index in [4.69, 9.17) is 11.5 Å². The zero-order chi connectivity index (χ0) is 13.4. The molecular formula is C12H17N3O3. The van der Waals surface area contributed by atoms with Crippen molar-refractivity contribution in [1.29, 1.82) is 0 Å². The molecule has 0 aliphatic carbocycles. The third kappa shape index (κ3) is 4.84. The summed E-state index contributed by atoms with van der Waals surface area (Å²) in [7, 11) is 0. The first-order valence-electron chi connectivity index (χ1n) is 5.59. The van der Waals surface area contributed by atoms with Crippen molar-refractivity contribution >= 4 is 12.0 Å². The smallest absolute Gasteiger partial charge is 0.404 e. The number of hydrogen-bond donors (Lipinski definition) is 3. The Labute approximate surface area is 105 Å². The summed E-state index contributed by atoms with van der Waals surface area (Å²) < 4.78 is 4.49. The minimum absolute atomic E-state index is 0.0691. The van der Waals surface area contributed by atoms with Crippen LogP contribution >= 0.6 is 0 Å². The maximum absolute atomic E-state index is 11.6. The van der Waals surface area contributed by atoms with Gasteiger partial charge >= 0.3 is 6.09 Å². The molecule has 0 radical (unpaired) electrons. The van der Waals surface area contributed by atoms with Crippen LogP contribution in [0.3, 0.4) is 0 Å². The van der Waals surface area contributed by atoms with Crippen molar-refractivity contribution in [2.24, 2.45) is 11.5 Å². The maximum Gasteiger partial charge on any atom is 0.404 e. The molecule has 0 spiro atoms. The Hall–Kier alpha value is -2.08. The van der Waals surface area contributed by atoms with Crippen LogP contribution in [0.2, 0.25) is 0 Å². The van der Waals surface area contributed by atoms with Crippen LogP contribution in [0.5, 0.6) is 0 Å². The number of primary amides is 1. The zero-order valence-electron chi connectivity index (χ0n) is 10.0. The largest absolute Gasteiger partial charge is 0.448 e. The van der Waals surface area contributed by atoms with Gasteiger partial charge in [-0.15, -0.1) is 0 Å². The van der Waals surface area contributed by atoms with Crippen LogP contribution in [-0.2, 0) is 22.5 Å². The van der Waals surface area contributed by atoms with Crippen molar-refractivity contribution in [2.75, 3.05) is 13.2 Å². The van der Waals surface area contributed by atoms with E-state index in [0.29, 0.717) is 6.54 Å². The topological polar surface area (TPSA) is 107 Å². The lowest BCUT2D eigenvalue weighted by molar-refractivity contribution is -0.120. The molecular weight excluding hydrogens is 234 g/mol. The summed E-state index contributed by atoms with van der Waals surface area (Å²) in [4.78, 5) is 21.9. The monoisotopic (exact) mass is 251 g/mol. The second-order valence-corrected chi connectivity index (χ2v) is 3.67. The number of nitrogens with one attached hydrogen (secondary N) is 1. The molecule has 0 heterocycles. The van der Waals surface area contributed by atoms with Crippen molar-refractivity contribution in [1.82, 2.24) is 5.32 Å². The molecule has 18 heavy (non-hydrogen) atoms. The number of rotatable bonds is 6. The molecule has 1 rings (SSSR count). The van der Waals surface area contributed by atoms with Gasteiger partial charge in [0.25, 0.3) is 0 Å². The predicted octanol–water partition coefficient (Wildman–Crippen LogP) is -0.101. The highest BCUT2D eigenvalue weighted by Gasteiger charge is 2.06.